The van der Waals surface area contributed by atoms with Crippen molar-refractivity contribution in [3.8, 4) is 0 Å². The summed E-state index contributed by atoms with van der Waals surface area (Å²) in [7, 11) is 0. The van der Waals surface area contributed by atoms with Crippen LogP contribution in [0.15, 0.2) is 0 Å². The Morgan fingerprint density at radius 3 is 3.00 bits per heavy atom. The number of hydrogen-bond donors (Lipinski definition) is 0. The Morgan fingerprint density at radius 2 is 2.33 bits per heavy atom. The van der Waals surface area contributed by atoms with E-state index in [9.17, 15) is 4.79 Å². The van der Waals surface area contributed by atoms with Gasteiger partial charge in [0.1, 0.15) is 0 Å². The molecule has 2 rings (SSSR count). The Balaban J connectivity index is 2.14. The smallest absolute Gasteiger partial charge is 0.186 e. The molecule has 18 heavy (non-hydrogen) atoms. The van der Waals surface area contributed by atoms with Crippen LogP contribution in [0, 0.1) is 5.92 Å². The molecule has 1 aliphatic heterocycles. The standard InChI is InChI=1S/C14H22N2OS/c1-3-6-12-13(10-17)18-14(15-12)16-8-5-7-11(4-2)9-16/h10-11H,3-9H2,1-2H3. The van der Waals surface area contributed by atoms with E-state index in [0.29, 0.717) is 0 Å². The van der Waals surface area contributed by atoms with Crippen LogP contribution in [-0.2, 0) is 6.42 Å². The van der Waals surface area contributed by atoms with Crippen molar-refractivity contribution >= 4 is 22.8 Å². The summed E-state index contributed by atoms with van der Waals surface area (Å²) in [6, 6.07) is 0. The fourth-order valence-corrected chi connectivity index (χ4v) is 3.53. The molecule has 0 aliphatic carbocycles. The van der Waals surface area contributed by atoms with Crippen LogP contribution < -0.4 is 4.90 Å². The fourth-order valence-electron chi connectivity index (χ4n) is 2.57. The molecular formula is C14H22N2OS. The molecule has 0 spiro atoms. The first-order valence-corrected chi connectivity index (χ1v) is 7.79. The Labute approximate surface area is 113 Å². The first kappa shape index (κ1) is 13.5. The number of aromatic nitrogens is 1. The van der Waals surface area contributed by atoms with Gasteiger partial charge in [0.05, 0.1) is 10.6 Å². The number of anilines is 1. The van der Waals surface area contributed by atoms with Gasteiger partial charge in [-0.1, -0.05) is 38.0 Å². The summed E-state index contributed by atoms with van der Waals surface area (Å²) in [4.78, 5) is 18.9. The lowest BCUT2D eigenvalue weighted by Crippen LogP contribution is -2.35. The first-order chi connectivity index (χ1) is 8.78. The van der Waals surface area contributed by atoms with Crippen molar-refractivity contribution in [1.82, 2.24) is 4.98 Å². The summed E-state index contributed by atoms with van der Waals surface area (Å²) in [5, 5.41) is 1.05. The van der Waals surface area contributed by atoms with Crippen LogP contribution in [0.2, 0.25) is 0 Å². The van der Waals surface area contributed by atoms with Gasteiger partial charge in [0, 0.05) is 13.1 Å². The summed E-state index contributed by atoms with van der Waals surface area (Å²) < 4.78 is 0. The summed E-state index contributed by atoms with van der Waals surface area (Å²) >= 11 is 1.57. The predicted octanol–water partition coefficient (Wildman–Crippen LogP) is 3.53. The second-order valence-electron chi connectivity index (χ2n) is 5.04. The number of aldehydes is 1. The zero-order chi connectivity index (χ0) is 13.0. The second-order valence-corrected chi connectivity index (χ2v) is 6.05. The molecule has 1 aromatic heterocycles. The van der Waals surface area contributed by atoms with Crippen LogP contribution in [0.25, 0.3) is 0 Å². The van der Waals surface area contributed by atoms with E-state index in [1.165, 1.54) is 19.3 Å². The van der Waals surface area contributed by atoms with Crippen LogP contribution in [-0.4, -0.2) is 24.4 Å². The number of piperidine rings is 1. The minimum atomic E-state index is 0.789. The van der Waals surface area contributed by atoms with Crippen molar-refractivity contribution in [2.24, 2.45) is 5.92 Å². The molecule has 0 saturated carbocycles. The van der Waals surface area contributed by atoms with Crippen LogP contribution in [0.5, 0.6) is 0 Å². The van der Waals surface area contributed by atoms with Crippen molar-refractivity contribution in [3.05, 3.63) is 10.6 Å². The minimum Gasteiger partial charge on any atom is -0.348 e. The molecule has 1 aromatic rings. The normalized spacial score (nSPS) is 20.1. The maximum absolute atomic E-state index is 11.1. The molecule has 3 nitrogen and oxygen atoms in total. The van der Waals surface area contributed by atoms with E-state index in [0.717, 1.165) is 53.8 Å². The van der Waals surface area contributed by atoms with E-state index < -0.39 is 0 Å². The van der Waals surface area contributed by atoms with Gasteiger partial charge in [0.2, 0.25) is 0 Å². The maximum atomic E-state index is 11.1. The molecule has 0 radical (unpaired) electrons. The number of aryl methyl sites for hydroxylation is 1. The summed E-state index contributed by atoms with van der Waals surface area (Å²) in [6.07, 6.45) is 6.74. The molecule has 4 heteroatoms. The van der Waals surface area contributed by atoms with E-state index in [1.807, 2.05) is 0 Å². The second kappa shape index (κ2) is 6.32. The Hall–Kier alpha value is -0.900. The molecule has 1 atom stereocenters. The Bertz CT molecular complexity index is 402. The third kappa shape index (κ3) is 2.91. The topological polar surface area (TPSA) is 33.2 Å². The van der Waals surface area contributed by atoms with Gasteiger partial charge in [0.15, 0.2) is 11.4 Å². The van der Waals surface area contributed by atoms with Gasteiger partial charge < -0.3 is 4.90 Å². The van der Waals surface area contributed by atoms with E-state index in [1.54, 1.807) is 11.3 Å². The number of thiazole rings is 1. The summed E-state index contributed by atoms with van der Waals surface area (Å²) in [5.74, 6) is 0.789. The number of nitrogens with zero attached hydrogens (tertiary/aromatic N) is 2. The van der Waals surface area contributed by atoms with E-state index in [4.69, 9.17) is 0 Å². The Morgan fingerprint density at radius 1 is 1.50 bits per heavy atom. The monoisotopic (exact) mass is 266 g/mol. The van der Waals surface area contributed by atoms with Gasteiger partial charge in [-0.05, 0) is 25.2 Å². The molecule has 1 aliphatic rings. The van der Waals surface area contributed by atoms with E-state index in [2.05, 4.69) is 23.7 Å². The van der Waals surface area contributed by atoms with Crippen LogP contribution >= 0.6 is 11.3 Å². The lowest BCUT2D eigenvalue weighted by Gasteiger charge is -2.31. The molecule has 0 amide bonds. The average molecular weight is 266 g/mol. The number of hydrogen-bond acceptors (Lipinski definition) is 4. The highest BCUT2D eigenvalue weighted by Gasteiger charge is 2.22. The number of carbonyl (C=O) groups excluding carboxylic acids is 1. The van der Waals surface area contributed by atoms with Crippen molar-refractivity contribution in [3.63, 3.8) is 0 Å². The number of carbonyl (C=O) groups is 1. The van der Waals surface area contributed by atoms with Gasteiger partial charge in [-0.25, -0.2) is 4.98 Å². The SMILES string of the molecule is CCCc1nc(N2CCCC(CC)C2)sc1C=O. The quantitative estimate of drug-likeness (QED) is 0.764. The van der Waals surface area contributed by atoms with Crippen molar-refractivity contribution in [2.75, 3.05) is 18.0 Å². The predicted molar refractivity (Wildman–Crippen MR) is 76.7 cm³/mol. The highest BCUT2D eigenvalue weighted by molar-refractivity contribution is 7.17. The third-order valence-electron chi connectivity index (χ3n) is 3.68. The van der Waals surface area contributed by atoms with Crippen molar-refractivity contribution in [2.45, 2.75) is 46.0 Å². The molecular weight excluding hydrogens is 244 g/mol. The highest BCUT2D eigenvalue weighted by Crippen LogP contribution is 2.30. The molecule has 1 saturated heterocycles. The van der Waals surface area contributed by atoms with Gasteiger partial charge in [0.25, 0.3) is 0 Å². The molecule has 1 unspecified atom stereocenters. The average Bonchev–Trinajstić information content (AvgIpc) is 2.82. The van der Waals surface area contributed by atoms with E-state index >= 15 is 0 Å². The molecule has 1 fully saturated rings. The Kier molecular flexibility index (Phi) is 4.75. The van der Waals surface area contributed by atoms with Crippen LogP contribution in [0.3, 0.4) is 0 Å². The van der Waals surface area contributed by atoms with Gasteiger partial charge in [-0.3, -0.25) is 4.79 Å². The third-order valence-corrected chi connectivity index (χ3v) is 4.76. The van der Waals surface area contributed by atoms with Crippen molar-refractivity contribution in [1.29, 1.82) is 0 Å². The fraction of sp³-hybridized carbons (Fsp3) is 0.714. The van der Waals surface area contributed by atoms with Crippen molar-refractivity contribution < 1.29 is 4.79 Å². The highest BCUT2D eigenvalue weighted by atomic mass is 32.1. The molecule has 2 heterocycles. The largest absolute Gasteiger partial charge is 0.348 e. The van der Waals surface area contributed by atoms with Crippen LogP contribution in [0.1, 0.15) is 54.9 Å². The number of rotatable bonds is 5. The summed E-state index contributed by atoms with van der Waals surface area (Å²) in [5.41, 5.74) is 0.992. The lowest BCUT2D eigenvalue weighted by molar-refractivity contribution is 0.112. The zero-order valence-electron chi connectivity index (χ0n) is 11.3. The van der Waals surface area contributed by atoms with Gasteiger partial charge in [-0.15, -0.1) is 0 Å². The minimum absolute atomic E-state index is 0.789. The molecule has 0 N–H and O–H groups in total. The summed E-state index contributed by atoms with van der Waals surface area (Å²) in [6.45, 7) is 6.58. The molecule has 0 bridgehead atoms. The van der Waals surface area contributed by atoms with E-state index in [-0.39, 0.29) is 0 Å². The molecule has 0 aromatic carbocycles. The maximum Gasteiger partial charge on any atom is 0.186 e. The first-order valence-electron chi connectivity index (χ1n) is 6.98. The molecule has 100 valence electrons. The zero-order valence-corrected chi connectivity index (χ0v) is 12.1. The van der Waals surface area contributed by atoms with Crippen LogP contribution in [0.4, 0.5) is 5.13 Å². The van der Waals surface area contributed by atoms with Gasteiger partial charge >= 0.3 is 0 Å². The van der Waals surface area contributed by atoms with Gasteiger partial charge in [-0.2, -0.15) is 0 Å². The lowest BCUT2D eigenvalue weighted by atomic mass is 9.96.